The van der Waals surface area contributed by atoms with E-state index in [9.17, 15) is 0 Å². The van der Waals surface area contributed by atoms with E-state index in [0.717, 1.165) is 38.3 Å². The Labute approximate surface area is 90.4 Å². The second-order valence-corrected chi connectivity index (χ2v) is 4.11. The molecular weight excluding hydrogens is 190 g/mol. The molecule has 0 spiro atoms. The molecular formula is C11H19N3O. The number of anilines is 1. The third-order valence-electron chi connectivity index (χ3n) is 3.19. The van der Waals surface area contributed by atoms with Crippen LogP contribution in [0.4, 0.5) is 5.82 Å². The van der Waals surface area contributed by atoms with Gasteiger partial charge in [-0.25, -0.2) is 0 Å². The molecule has 4 nitrogen and oxygen atoms in total. The van der Waals surface area contributed by atoms with Gasteiger partial charge in [-0.3, -0.25) is 4.68 Å². The third kappa shape index (κ3) is 1.86. The van der Waals surface area contributed by atoms with E-state index in [-0.39, 0.29) is 0 Å². The van der Waals surface area contributed by atoms with E-state index in [4.69, 9.17) is 10.5 Å². The van der Waals surface area contributed by atoms with Crippen molar-refractivity contribution < 1.29 is 4.74 Å². The Morgan fingerprint density at radius 1 is 1.47 bits per heavy atom. The number of aromatic nitrogens is 2. The van der Waals surface area contributed by atoms with E-state index in [0.29, 0.717) is 5.92 Å². The van der Waals surface area contributed by atoms with Gasteiger partial charge in [0.2, 0.25) is 0 Å². The maximum Gasteiger partial charge on any atom is 0.124 e. The summed E-state index contributed by atoms with van der Waals surface area (Å²) in [6.45, 7) is 3.84. The number of nitrogen functional groups attached to an aromatic ring is 1. The molecule has 84 valence electrons. The van der Waals surface area contributed by atoms with Crippen LogP contribution in [0.1, 0.15) is 36.9 Å². The van der Waals surface area contributed by atoms with Crippen molar-refractivity contribution in [2.75, 3.05) is 18.9 Å². The van der Waals surface area contributed by atoms with Gasteiger partial charge in [-0.05, 0) is 19.3 Å². The van der Waals surface area contributed by atoms with Crippen LogP contribution < -0.4 is 5.73 Å². The molecule has 0 bridgehead atoms. The van der Waals surface area contributed by atoms with Crippen LogP contribution in [-0.4, -0.2) is 23.0 Å². The normalized spacial score (nSPS) is 18.3. The lowest BCUT2D eigenvalue weighted by Crippen LogP contribution is -2.15. The predicted molar refractivity (Wildman–Crippen MR) is 59.8 cm³/mol. The maximum absolute atomic E-state index is 5.99. The fourth-order valence-corrected chi connectivity index (χ4v) is 2.26. The maximum atomic E-state index is 5.99. The molecule has 0 amide bonds. The second-order valence-electron chi connectivity index (χ2n) is 4.11. The first-order valence-corrected chi connectivity index (χ1v) is 5.63. The Morgan fingerprint density at radius 2 is 2.13 bits per heavy atom. The van der Waals surface area contributed by atoms with Crippen LogP contribution >= 0.6 is 0 Å². The molecule has 2 rings (SSSR count). The summed E-state index contributed by atoms with van der Waals surface area (Å²) in [4.78, 5) is 0. The summed E-state index contributed by atoms with van der Waals surface area (Å²) in [5, 5.41) is 4.54. The molecule has 0 aromatic carbocycles. The number of rotatable bonds is 2. The van der Waals surface area contributed by atoms with E-state index in [2.05, 4.69) is 12.0 Å². The highest BCUT2D eigenvalue weighted by atomic mass is 16.5. The van der Waals surface area contributed by atoms with Gasteiger partial charge < -0.3 is 10.5 Å². The van der Waals surface area contributed by atoms with Crippen molar-refractivity contribution in [1.82, 2.24) is 9.78 Å². The minimum atomic E-state index is 0.539. The van der Waals surface area contributed by atoms with Crippen LogP contribution in [0.25, 0.3) is 0 Å². The quantitative estimate of drug-likeness (QED) is 0.802. The largest absolute Gasteiger partial charge is 0.384 e. The molecule has 1 aliphatic rings. The SMILES string of the molecule is CCc1c(C2CCOCC2)nn(C)c1N. The Bertz CT molecular complexity index is 340. The van der Waals surface area contributed by atoms with Gasteiger partial charge in [0.25, 0.3) is 0 Å². The molecule has 1 saturated heterocycles. The zero-order valence-corrected chi connectivity index (χ0v) is 9.49. The van der Waals surface area contributed by atoms with Gasteiger partial charge in [0.1, 0.15) is 5.82 Å². The van der Waals surface area contributed by atoms with Crippen molar-refractivity contribution in [1.29, 1.82) is 0 Å². The Balaban J connectivity index is 2.29. The zero-order chi connectivity index (χ0) is 10.8. The summed E-state index contributed by atoms with van der Waals surface area (Å²) in [6, 6.07) is 0. The van der Waals surface area contributed by atoms with Crippen molar-refractivity contribution >= 4 is 5.82 Å². The first-order chi connectivity index (χ1) is 7.24. The topological polar surface area (TPSA) is 53.1 Å². The molecule has 0 atom stereocenters. The minimum Gasteiger partial charge on any atom is -0.384 e. The van der Waals surface area contributed by atoms with Crippen LogP contribution in [0.5, 0.6) is 0 Å². The van der Waals surface area contributed by atoms with Crippen LogP contribution in [-0.2, 0) is 18.2 Å². The first kappa shape index (κ1) is 10.5. The average molecular weight is 209 g/mol. The lowest BCUT2D eigenvalue weighted by atomic mass is 9.93. The summed E-state index contributed by atoms with van der Waals surface area (Å²) >= 11 is 0. The van der Waals surface area contributed by atoms with Crippen LogP contribution in [0, 0.1) is 0 Å². The Morgan fingerprint density at radius 3 is 2.73 bits per heavy atom. The van der Waals surface area contributed by atoms with Crippen molar-refractivity contribution in [2.24, 2.45) is 7.05 Å². The molecule has 1 aromatic rings. The lowest BCUT2D eigenvalue weighted by Gasteiger charge is -2.21. The number of nitrogens with zero attached hydrogens (tertiary/aromatic N) is 2. The number of ether oxygens (including phenoxy) is 1. The van der Waals surface area contributed by atoms with Crippen LogP contribution in [0.3, 0.4) is 0 Å². The third-order valence-corrected chi connectivity index (χ3v) is 3.19. The summed E-state index contributed by atoms with van der Waals surface area (Å²) in [5.74, 6) is 1.36. The average Bonchev–Trinajstić information content (AvgIpc) is 2.56. The fraction of sp³-hybridized carbons (Fsp3) is 0.727. The van der Waals surface area contributed by atoms with Gasteiger partial charge >= 0.3 is 0 Å². The second kappa shape index (κ2) is 4.23. The molecule has 1 aromatic heterocycles. The number of aryl methyl sites for hydroxylation is 1. The predicted octanol–water partition coefficient (Wildman–Crippen LogP) is 1.46. The number of nitrogens with two attached hydrogens (primary N) is 1. The molecule has 2 heterocycles. The van der Waals surface area contributed by atoms with E-state index in [1.165, 1.54) is 11.3 Å². The highest BCUT2D eigenvalue weighted by Gasteiger charge is 2.23. The van der Waals surface area contributed by atoms with Gasteiger partial charge in [0, 0.05) is 31.7 Å². The van der Waals surface area contributed by atoms with E-state index < -0.39 is 0 Å². The highest BCUT2D eigenvalue weighted by molar-refractivity contribution is 5.44. The van der Waals surface area contributed by atoms with Gasteiger partial charge in [0.05, 0.1) is 5.69 Å². The lowest BCUT2D eigenvalue weighted by molar-refractivity contribution is 0.0842. The summed E-state index contributed by atoms with van der Waals surface area (Å²) < 4.78 is 7.16. The Hall–Kier alpha value is -1.03. The van der Waals surface area contributed by atoms with E-state index >= 15 is 0 Å². The molecule has 0 aliphatic carbocycles. The van der Waals surface area contributed by atoms with E-state index in [1.54, 1.807) is 4.68 Å². The van der Waals surface area contributed by atoms with Crippen LogP contribution in [0.15, 0.2) is 0 Å². The van der Waals surface area contributed by atoms with Gasteiger partial charge in [-0.1, -0.05) is 6.92 Å². The molecule has 0 saturated carbocycles. The summed E-state index contributed by atoms with van der Waals surface area (Å²) in [5.41, 5.74) is 8.41. The minimum absolute atomic E-state index is 0.539. The standard InChI is InChI=1S/C11H19N3O/c1-3-9-10(13-14(2)11(9)12)8-4-6-15-7-5-8/h8H,3-7,12H2,1-2H3. The van der Waals surface area contributed by atoms with Gasteiger partial charge in [0.15, 0.2) is 0 Å². The van der Waals surface area contributed by atoms with Crippen molar-refractivity contribution in [3.05, 3.63) is 11.3 Å². The number of hydrogen-bond donors (Lipinski definition) is 1. The van der Waals surface area contributed by atoms with Crippen molar-refractivity contribution in [3.8, 4) is 0 Å². The number of hydrogen-bond acceptors (Lipinski definition) is 3. The van der Waals surface area contributed by atoms with Gasteiger partial charge in [-0.15, -0.1) is 0 Å². The summed E-state index contributed by atoms with van der Waals surface area (Å²) in [7, 11) is 1.91. The van der Waals surface area contributed by atoms with Crippen molar-refractivity contribution in [3.63, 3.8) is 0 Å². The first-order valence-electron chi connectivity index (χ1n) is 5.63. The van der Waals surface area contributed by atoms with Crippen LogP contribution in [0.2, 0.25) is 0 Å². The molecule has 4 heteroatoms. The molecule has 1 fully saturated rings. The molecule has 1 aliphatic heterocycles. The molecule has 0 radical (unpaired) electrons. The Kier molecular flexibility index (Phi) is 2.95. The smallest absolute Gasteiger partial charge is 0.124 e. The highest BCUT2D eigenvalue weighted by Crippen LogP contribution is 2.31. The van der Waals surface area contributed by atoms with E-state index in [1.807, 2.05) is 7.05 Å². The molecule has 2 N–H and O–H groups in total. The van der Waals surface area contributed by atoms with Gasteiger partial charge in [-0.2, -0.15) is 5.10 Å². The van der Waals surface area contributed by atoms with Crippen molar-refractivity contribution in [2.45, 2.75) is 32.1 Å². The summed E-state index contributed by atoms with van der Waals surface area (Å²) in [6.07, 6.45) is 3.11. The monoisotopic (exact) mass is 209 g/mol. The zero-order valence-electron chi connectivity index (χ0n) is 9.49. The molecule has 0 unspecified atom stereocenters. The fourth-order valence-electron chi connectivity index (χ4n) is 2.26. The molecule has 15 heavy (non-hydrogen) atoms.